The number of sulfonamides is 1. The molecule has 154 valence electrons. The van der Waals surface area contributed by atoms with E-state index in [1.165, 1.54) is 10.6 Å². The summed E-state index contributed by atoms with van der Waals surface area (Å²) in [6.45, 7) is 5.13. The Hall–Kier alpha value is -2.13. The summed E-state index contributed by atoms with van der Waals surface area (Å²) < 4.78 is 24.9. The molecule has 2 saturated heterocycles. The Kier molecular flexibility index (Phi) is 5.95. The summed E-state index contributed by atoms with van der Waals surface area (Å²) in [6, 6.07) is 7.18. The van der Waals surface area contributed by atoms with Gasteiger partial charge in [-0.05, 0) is 36.8 Å². The number of urea groups is 1. The van der Waals surface area contributed by atoms with E-state index in [1.54, 1.807) is 17.0 Å². The quantitative estimate of drug-likeness (QED) is 0.569. The van der Waals surface area contributed by atoms with Crippen molar-refractivity contribution in [3.63, 3.8) is 0 Å². The second-order valence-corrected chi connectivity index (χ2v) is 9.96. The Balaban J connectivity index is 1.69. The molecule has 1 aromatic rings. The zero-order chi connectivity index (χ0) is 20.5. The number of carbonyl (C=O) groups is 1. The van der Waals surface area contributed by atoms with Gasteiger partial charge in [0.05, 0.1) is 6.26 Å². The molecule has 3 N–H and O–H groups in total. The summed E-state index contributed by atoms with van der Waals surface area (Å²) in [5.74, 6) is 0.598. The van der Waals surface area contributed by atoms with Crippen LogP contribution < -0.4 is 10.6 Å². The van der Waals surface area contributed by atoms with E-state index in [1.807, 2.05) is 17.0 Å². The van der Waals surface area contributed by atoms with E-state index in [0.717, 1.165) is 18.5 Å². The molecule has 8 nitrogen and oxygen atoms in total. The highest BCUT2D eigenvalue weighted by Gasteiger charge is 2.33. The number of amidine groups is 1. The first-order valence-electron chi connectivity index (χ1n) is 9.61. The number of nitrogens with one attached hydrogen (secondary N) is 1. The van der Waals surface area contributed by atoms with Gasteiger partial charge in [-0.2, -0.15) is 0 Å². The second kappa shape index (κ2) is 8.08. The van der Waals surface area contributed by atoms with E-state index in [9.17, 15) is 13.2 Å². The van der Waals surface area contributed by atoms with Crippen LogP contribution in [0.5, 0.6) is 0 Å². The van der Waals surface area contributed by atoms with Crippen LogP contribution in [0.3, 0.4) is 0 Å². The van der Waals surface area contributed by atoms with Crippen LogP contribution in [-0.2, 0) is 10.0 Å². The highest BCUT2D eigenvalue weighted by atomic mass is 32.2. The van der Waals surface area contributed by atoms with Crippen LogP contribution in [0.25, 0.3) is 0 Å². The van der Waals surface area contributed by atoms with Gasteiger partial charge in [0, 0.05) is 44.0 Å². The predicted octanol–water partition coefficient (Wildman–Crippen LogP) is 1.52. The molecule has 2 heterocycles. The van der Waals surface area contributed by atoms with Crippen LogP contribution in [-0.4, -0.2) is 68.5 Å². The minimum Gasteiger partial charge on any atom is -0.384 e. The van der Waals surface area contributed by atoms with Crippen molar-refractivity contribution in [3.8, 4) is 0 Å². The maximum Gasteiger partial charge on any atom is 0.324 e. The van der Waals surface area contributed by atoms with Gasteiger partial charge < -0.3 is 10.6 Å². The average molecular weight is 408 g/mol. The SMILES string of the molecule is CC1CN(CC2CCN(S(C)(=O)=O)CC2)C(=O)N(c2cccc(C(=N)N)c2)C1. The van der Waals surface area contributed by atoms with Crippen LogP contribution in [0.15, 0.2) is 24.3 Å². The smallest absolute Gasteiger partial charge is 0.324 e. The Morgan fingerprint density at radius 1 is 1.25 bits per heavy atom. The fourth-order valence-electron chi connectivity index (χ4n) is 4.02. The number of piperidine rings is 1. The second-order valence-electron chi connectivity index (χ2n) is 7.97. The van der Waals surface area contributed by atoms with Crippen LogP contribution in [0, 0.1) is 17.2 Å². The van der Waals surface area contributed by atoms with Crippen LogP contribution in [0.1, 0.15) is 25.3 Å². The number of rotatable bonds is 5. The van der Waals surface area contributed by atoms with Crippen molar-refractivity contribution in [1.29, 1.82) is 5.41 Å². The Bertz CT molecular complexity index is 849. The van der Waals surface area contributed by atoms with Crippen molar-refractivity contribution in [2.24, 2.45) is 17.6 Å². The third kappa shape index (κ3) is 4.64. The number of hydrogen-bond acceptors (Lipinski definition) is 4. The molecule has 2 fully saturated rings. The third-order valence-electron chi connectivity index (χ3n) is 5.52. The van der Waals surface area contributed by atoms with Crippen LogP contribution >= 0.6 is 0 Å². The first-order chi connectivity index (χ1) is 13.1. The fourth-order valence-corrected chi connectivity index (χ4v) is 4.89. The van der Waals surface area contributed by atoms with Gasteiger partial charge in [-0.25, -0.2) is 17.5 Å². The average Bonchev–Trinajstić information content (AvgIpc) is 2.64. The number of nitrogen functional groups attached to an aromatic ring is 1. The van der Waals surface area contributed by atoms with E-state index in [-0.39, 0.29) is 11.9 Å². The number of amides is 2. The predicted molar refractivity (Wildman–Crippen MR) is 110 cm³/mol. The third-order valence-corrected chi connectivity index (χ3v) is 6.82. The number of nitrogens with two attached hydrogens (primary N) is 1. The van der Waals surface area contributed by atoms with Gasteiger partial charge in [-0.3, -0.25) is 10.3 Å². The van der Waals surface area contributed by atoms with E-state index >= 15 is 0 Å². The molecule has 9 heteroatoms. The molecule has 2 amide bonds. The van der Waals surface area contributed by atoms with Crippen molar-refractivity contribution in [2.75, 3.05) is 43.9 Å². The first kappa shape index (κ1) is 20.6. The molecule has 2 aliphatic rings. The molecule has 0 aliphatic carbocycles. The zero-order valence-corrected chi connectivity index (χ0v) is 17.3. The minimum atomic E-state index is -3.14. The van der Waals surface area contributed by atoms with E-state index in [2.05, 4.69) is 6.92 Å². The van der Waals surface area contributed by atoms with Crippen molar-refractivity contribution in [1.82, 2.24) is 9.21 Å². The van der Waals surface area contributed by atoms with Gasteiger partial charge in [0.2, 0.25) is 10.0 Å². The Morgan fingerprint density at radius 3 is 2.54 bits per heavy atom. The lowest BCUT2D eigenvalue weighted by Crippen LogP contribution is -2.54. The summed E-state index contributed by atoms with van der Waals surface area (Å²) in [7, 11) is -3.14. The number of nitrogens with zero attached hydrogens (tertiary/aromatic N) is 3. The monoisotopic (exact) mass is 407 g/mol. The molecule has 0 aromatic heterocycles. The molecule has 0 spiro atoms. The number of benzene rings is 1. The Labute approximate surface area is 166 Å². The van der Waals surface area contributed by atoms with E-state index in [0.29, 0.717) is 50.1 Å². The molecule has 1 aromatic carbocycles. The lowest BCUT2D eigenvalue weighted by atomic mass is 9.96. The molecule has 0 bridgehead atoms. The lowest BCUT2D eigenvalue weighted by molar-refractivity contribution is 0.154. The summed E-state index contributed by atoms with van der Waals surface area (Å²) >= 11 is 0. The number of anilines is 1. The Morgan fingerprint density at radius 2 is 1.93 bits per heavy atom. The molecular weight excluding hydrogens is 378 g/mol. The van der Waals surface area contributed by atoms with Gasteiger partial charge in [-0.15, -0.1) is 0 Å². The maximum absolute atomic E-state index is 13.1. The molecule has 0 radical (unpaired) electrons. The summed E-state index contributed by atoms with van der Waals surface area (Å²) in [6.07, 6.45) is 2.78. The topological polar surface area (TPSA) is 111 Å². The fraction of sp³-hybridized carbons (Fsp3) is 0.579. The van der Waals surface area contributed by atoms with Gasteiger partial charge in [0.1, 0.15) is 5.84 Å². The lowest BCUT2D eigenvalue weighted by Gasteiger charge is -2.41. The van der Waals surface area contributed by atoms with Crippen molar-refractivity contribution >= 4 is 27.6 Å². The number of hydrogen-bond donors (Lipinski definition) is 2. The molecule has 1 atom stereocenters. The summed E-state index contributed by atoms with van der Waals surface area (Å²) in [5, 5.41) is 7.62. The minimum absolute atomic E-state index is 0.0196. The molecule has 0 saturated carbocycles. The van der Waals surface area contributed by atoms with Gasteiger partial charge >= 0.3 is 6.03 Å². The normalized spacial score (nSPS) is 22.5. The number of carbonyl (C=O) groups excluding carboxylic acids is 1. The van der Waals surface area contributed by atoms with E-state index in [4.69, 9.17) is 11.1 Å². The summed E-state index contributed by atoms with van der Waals surface area (Å²) in [4.78, 5) is 16.8. The van der Waals surface area contributed by atoms with E-state index < -0.39 is 10.0 Å². The van der Waals surface area contributed by atoms with Gasteiger partial charge in [0.15, 0.2) is 0 Å². The van der Waals surface area contributed by atoms with Crippen molar-refractivity contribution < 1.29 is 13.2 Å². The molecule has 28 heavy (non-hydrogen) atoms. The maximum atomic E-state index is 13.1. The van der Waals surface area contributed by atoms with Crippen molar-refractivity contribution in [2.45, 2.75) is 19.8 Å². The molecule has 2 aliphatic heterocycles. The first-order valence-corrected chi connectivity index (χ1v) is 11.5. The largest absolute Gasteiger partial charge is 0.384 e. The zero-order valence-electron chi connectivity index (χ0n) is 16.5. The van der Waals surface area contributed by atoms with Gasteiger partial charge in [-0.1, -0.05) is 19.1 Å². The standard InChI is InChI=1S/C19H29N5O3S/c1-14-11-22(13-15-6-8-23(9-7-15)28(2,26)27)19(25)24(12-14)17-5-3-4-16(10-17)18(20)21/h3-5,10,14-15H,6-9,11-13H2,1-2H3,(H3,20,21). The molecule has 3 rings (SSSR count). The van der Waals surface area contributed by atoms with Crippen molar-refractivity contribution in [3.05, 3.63) is 29.8 Å². The highest BCUT2D eigenvalue weighted by Crippen LogP contribution is 2.26. The summed E-state index contributed by atoms with van der Waals surface area (Å²) in [5.41, 5.74) is 6.94. The van der Waals surface area contributed by atoms with Crippen LogP contribution in [0.4, 0.5) is 10.5 Å². The molecular formula is C19H29N5O3S. The van der Waals surface area contributed by atoms with Crippen LogP contribution in [0.2, 0.25) is 0 Å². The van der Waals surface area contributed by atoms with Gasteiger partial charge in [0.25, 0.3) is 0 Å². The molecule has 1 unspecified atom stereocenters. The highest BCUT2D eigenvalue weighted by molar-refractivity contribution is 7.88.